The van der Waals surface area contributed by atoms with Crippen LogP contribution in [0.3, 0.4) is 0 Å². The number of alkyl halides is 1. The average molecular weight is 266 g/mol. The molecular formula is C15H20ClNO. The quantitative estimate of drug-likeness (QED) is 0.746. The molecule has 2 rings (SSSR count). The maximum Gasteiger partial charge on any atom is 0.245 e. The first-order valence-electron chi connectivity index (χ1n) is 6.77. The highest BCUT2D eigenvalue weighted by Gasteiger charge is 2.23. The number of carbonyl (C=O) groups excluding carboxylic acids is 1. The molecule has 0 saturated carbocycles. The number of halogens is 1. The molecule has 1 atom stereocenters. The number of amides is 1. The second-order valence-corrected chi connectivity index (χ2v) is 5.30. The number of hydrogen-bond donors (Lipinski definition) is 0. The van der Waals surface area contributed by atoms with E-state index in [0.717, 1.165) is 31.5 Å². The summed E-state index contributed by atoms with van der Waals surface area (Å²) in [6, 6.07) is 9.61. The zero-order valence-electron chi connectivity index (χ0n) is 10.6. The minimum Gasteiger partial charge on any atom is -0.341 e. The summed E-state index contributed by atoms with van der Waals surface area (Å²) in [5.74, 6) is 0.0600. The number of hydrogen-bond acceptors (Lipinski definition) is 1. The number of benzene rings is 1. The van der Waals surface area contributed by atoms with Crippen molar-refractivity contribution >= 4 is 17.5 Å². The van der Waals surface area contributed by atoms with Gasteiger partial charge in [0.05, 0.1) is 0 Å². The van der Waals surface area contributed by atoms with Gasteiger partial charge >= 0.3 is 0 Å². The van der Waals surface area contributed by atoms with Crippen molar-refractivity contribution in [1.82, 2.24) is 4.90 Å². The van der Waals surface area contributed by atoms with Crippen LogP contribution in [-0.4, -0.2) is 23.9 Å². The Balaban J connectivity index is 2.00. The Morgan fingerprint density at radius 1 is 1.00 bits per heavy atom. The molecule has 0 aromatic heterocycles. The van der Waals surface area contributed by atoms with E-state index in [0.29, 0.717) is 0 Å². The zero-order valence-corrected chi connectivity index (χ0v) is 11.4. The number of likely N-dealkylation sites (tertiary alicyclic amines) is 1. The van der Waals surface area contributed by atoms with Gasteiger partial charge in [0.1, 0.15) is 5.38 Å². The third-order valence-electron chi connectivity index (χ3n) is 3.48. The molecule has 98 valence electrons. The van der Waals surface area contributed by atoms with Crippen molar-refractivity contribution in [1.29, 1.82) is 0 Å². The molecule has 1 aromatic rings. The fourth-order valence-electron chi connectivity index (χ4n) is 2.39. The molecule has 1 unspecified atom stereocenters. The maximum absolute atomic E-state index is 12.4. The fraction of sp³-hybridized carbons (Fsp3) is 0.533. The normalized spacial score (nSPS) is 18.8. The lowest BCUT2D eigenvalue weighted by Gasteiger charge is -2.26. The predicted molar refractivity (Wildman–Crippen MR) is 74.7 cm³/mol. The topological polar surface area (TPSA) is 20.3 Å². The molecule has 1 fully saturated rings. The Morgan fingerprint density at radius 3 is 2.17 bits per heavy atom. The third-order valence-corrected chi connectivity index (χ3v) is 3.92. The van der Waals surface area contributed by atoms with E-state index < -0.39 is 5.38 Å². The van der Waals surface area contributed by atoms with Crippen molar-refractivity contribution in [3.05, 3.63) is 35.9 Å². The Hall–Kier alpha value is -1.02. The Morgan fingerprint density at radius 2 is 1.56 bits per heavy atom. The predicted octanol–water partition coefficient (Wildman–Crippen LogP) is 3.76. The second kappa shape index (κ2) is 6.79. The van der Waals surface area contributed by atoms with E-state index in [1.165, 1.54) is 19.3 Å². The molecule has 0 spiro atoms. The van der Waals surface area contributed by atoms with Gasteiger partial charge in [0.25, 0.3) is 0 Å². The summed E-state index contributed by atoms with van der Waals surface area (Å²) in [6.07, 6.45) is 5.95. The number of rotatable bonds is 2. The smallest absolute Gasteiger partial charge is 0.245 e. The first-order valence-corrected chi connectivity index (χ1v) is 7.20. The largest absolute Gasteiger partial charge is 0.341 e. The van der Waals surface area contributed by atoms with Crippen molar-refractivity contribution in [2.45, 2.75) is 37.5 Å². The molecule has 1 amide bonds. The monoisotopic (exact) mass is 265 g/mol. The van der Waals surface area contributed by atoms with E-state index >= 15 is 0 Å². The summed E-state index contributed by atoms with van der Waals surface area (Å²) < 4.78 is 0. The Kier molecular flexibility index (Phi) is 5.06. The van der Waals surface area contributed by atoms with E-state index in [2.05, 4.69) is 0 Å². The van der Waals surface area contributed by atoms with Gasteiger partial charge in [-0.05, 0) is 18.4 Å². The lowest BCUT2D eigenvalue weighted by atomic mass is 10.1. The summed E-state index contributed by atoms with van der Waals surface area (Å²) in [4.78, 5) is 14.3. The SMILES string of the molecule is O=C(C(Cl)c1ccccc1)N1CCCCCCC1. The molecule has 1 saturated heterocycles. The van der Waals surface area contributed by atoms with E-state index in [1.807, 2.05) is 35.2 Å². The highest BCUT2D eigenvalue weighted by molar-refractivity contribution is 6.30. The van der Waals surface area contributed by atoms with Crippen LogP contribution in [0.1, 0.15) is 43.0 Å². The summed E-state index contributed by atoms with van der Waals surface area (Å²) in [7, 11) is 0. The van der Waals surface area contributed by atoms with Crippen molar-refractivity contribution in [3.8, 4) is 0 Å². The van der Waals surface area contributed by atoms with E-state index in [4.69, 9.17) is 11.6 Å². The molecule has 1 aromatic carbocycles. The molecule has 0 N–H and O–H groups in total. The Bertz CT molecular complexity index is 371. The lowest BCUT2D eigenvalue weighted by molar-refractivity contribution is -0.131. The van der Waals surface area contributed by atoms with Gasteiger partial charge in [-0.2, -0.15) is 0 Å². The first kappa shape index (κ1) is 13.4. The molecule has 0 radical (unpaired) electrons. The van der Waals surface area contributed by atoms with Gasteiger partial charge < -0.3 is 4.90 Å². The zero-order chi connectivity index (χ0) is 12.8. The summed E-state index contributed by atoms with van der Waals surface area (Å²) >= 11 is 6.29. The van der Waals surface area contributed by atoms with E-state index in [-0.39, 0.29) is 5.91 Å². The van der Waals surface area contributed by atoms with Gasteiger partial charge in [-0.15, -0.1) is 11.6 Å². The second-order valence-electron chi connectivity index (χ2n) is 4.87. The standard InChI is InChI=1S/C15H20ClNO/c16-14(13-9-5-4-6-10-13)15(18)17-11-7-2-1-3-8-12-17/h4-6,9-10,14H,1-3,7-8,11-12H2. The van der Waals surface area contributed by atoms with E-state index in [9.17, 15) is 4.79 Å². The molecule has 0 bridgehead atoms. The van der Waals surface area contributed by atoms with Gasteiger partial charge in [-0.25, -0.2) is 0 Å². The van der Waals surface area contributed by atoms with Crippen LogP contribution >= 0.6 is 11.6 Å². The van der Waals surface area contributed by atoms with Crippen molar-refractivity contribution in [3.63, 3.8) is 0 Å². The number of carbonyl (C=O) groups is 1. The minimum absolute atomic E-state index is 0.0600. The summed E-state index contributed by atoms with van der Waals surface area (Å²) in [6.45, 7) is 1.71. The van der Waals surface area contributed by atoms with Gasteiger partial charge in [-0.1, -0.05) is 49.6 Å². The Labute approximate surface area is 114 Å². The molecule has 3 heteroatoms. The average Bonchev–Trinajstić information content (AvgIpc) is 2.38. The van der Waals surface area contributed by atoms with Crippen LogP contribution in [-0.2, 0) is 4.79 Å². The molecular weight excluding hydrogens is 246 g/mol. The first-order chi connectivity index (χ1) is 8.79. The van der Waals surface area contributed by atoms with Crippen LogP contribution in [0.2, 0.25) is 0 Å². The van der Waals surface area contributed by atoms with Crippen LogP contribution in [0.5, 0.6) is 0 Å². The van der Waals surface area contributed by atoms with Crippen molar-refractivity contribution in [2.75, 3.05) is 13.1 Å². The van der Waals surface area contributed by atoms with Gasteiger partial charge in [0.2, 0.25) is 5.91 Å². The van der Waals surface area contributed by atoms with E-state index in [1.54, 1.807) is 0 Å². The maximum atomic E-state index is 12.4. The third kappa shape index (κ3) is 3.49. The highest BCUT2D eigenvalue weighted by atomic mass is 35.5. The van der Waals surface area contributed by atoms with Crippen LogP contribution in [0.25, 0.3) is 0 Å². The molecule has 1 aliphatic rings. The van der Waals surface area contributed by atoms with Gasteiger partial charge in [-0.3, -0.25) is 4.79 Å². The van der Waals surface area contributed by atoms with Crippen LogP contribution < -0.4 is 0 Å². The summed E-state index contributed by atoms with van der Waals surface area (Å²) in [5, 5.41) is -0.536. The lowest BCUT2D eigenvalue weighted by Crippen LogP contribution is -2.36. The molecule has 1 aliphatic heterocycles. The van der Waals surface area contributed by atoms with Crippen LogP contribution in [0.15, 0.2) is 30.3 Å². The van der Waals surface area contributed by atoms with Crippen molar-refractivity contribution < 1.29 is 4.79 Å². The molecule has 2 nitrogen and oxygen atoms in total. The van der Waals surface area contributed by atoms with Gasteiger partial charge in [0.15, 0.2) is 0 Å². The number of nitrogens with zero attached hydrogens (tertiary/aromatic N) is 1. The van der Waals surface area contributed by atoms with Gasteiger partial charge in [0, 0.05) is 13.1 Å². The molecule has 18 heavy (non-hydrogen) atoms. The minimum atomic E-state index is -0.536. The van der Waals surface area contributed by atoms with Crippen LogP contribution in [0, 0.1) is 0 Å². The molecule has 1 heterocycles. The fourth-order valence-corrected chi connectivity index (χ4v) is 2.68. The molecule has 0 aliphatic carbocycles. The summed E-state index contributed by atoms with van der Waals surface area (Å²) in [5.41, 5.74) is 0.895. The highest BCUT2D eigenvalue weighted by Crippen LogP contribution is 2.24. The van der Waals surface area contributed by atoms with Crippen LogP contribution in [0.4, 0.5) is 0 Å². The van der Waals surface area contributed by atoms with Crippen molar-refractivity contribution in [2.24, 2.45) is 0 Å².